The third kappa shape index (κ3) is 4.43. The number of halogens is 1. The quantitative estimate of drug-likeness (QED) is 0.834. The van der Waals surface area contributed by atoms with E-state index in [1.165, 1.54) is 0 Å². The van der Waals surface area contributed by atoms with Gasteiger partial charge in [0.05, 0.1) is 17.4 Å². The van der Waals surface area contributed by atoms with Gasteiger partial charge in [-0.15, -0.1) is 0 Å². The fraction of sp³-hybridized carbons (Fsp3) is 0.500. The summed E-state index contributed by atoms with van der Waals surface area (Å²) in [7, 11) is -3.07. The minimum Gasteiger partial charge on any atom is -0.339 e. The van der Waals surface area contributed by atoms with Crippen LogP contribution in [0.1, 0.15) is 6.42 Å². The van der Waals surface area contributed by atoms with Crippen LogP contribution in [0.3, 0.4) is 0 Å². The van der Waals surface area contributed by atoms with Crippen molar-refractivity contribution in [1.82, 2.24) is 9.80 Å². The van der Waals surface area contributed by atoms with E-state index < -0.39 is 15.8 Å². The number of sulfone groups is 1. The van der Waals surface area contributed by atoms with Crippen molar-refractivity contribution in [2.75, 3.05) is 43.0 Å². The van der Waals surface area contributed by atoms with Crippen LogP contribution in [-0.2, 0) is 14.6 Å². The Kier molecular flexibility index (Phi) is 5.19. The Bertz CT molecular complexity index is 758. The van der Waals surface area contributed by atoms with E-state index in [-0.39, 0.29) is 23.4 Å². The van der Waals surface area contributed by atoms with Crippen molar-refractivity contribution in [3.8, 4) is 0 Å². The van der Waals surface area contributed by atoms with Gasteiger partial charge in [0.25, 0.3) is 0 Å². The van der Waals surface area contributed by atoms with Crippen LogP contribution in [0, 0.1) is 5.92 Å². The van der Waals surface area contributed by atoms with Crippen LogP contribution in [0.2, 0.25) is 5.02 Å². The van der Waals surface area contributed by atoms with Crippen LogP contribution in [-0.4, -0.2) is 67.8 Å². The summed E-state index contributed by atoms with van der Waals surface area (Å²) in [5.74, 6) is -0.506. The summed E-state index contributed by atoms with van der Waals surface area (Å²) in [6, 6.07) is 6.62. The second kappa shape index (κ2) is 7.21. The molecule has 2 aliphatic heterocycles. The molecular formula is C16H20ClN3O4S. The number of nitrogens with one attached hydrogen (secondary N) is 1. The van der Waals surface area contributed by atoms with E-state index in [4.69, 9.17) is 11.6 Å². The Hall–Kier alpha value is -1.80. The van der Waals surface area contributed by atoms with Crippen LogP contribution < -0.4 is 5.32 Å². The lowest BCUT2D eigenvalue weighted by atomic mass is 10.1. The third-order valence-electron chi connectivity index (χ3n) is 4.56. The van der Waals surface area contributed by atoms with Gasteiger partial charge in [0.2, 0.25) is 5.91 Å². The zero-order chi connectivity index (χ0) is 18.0. The summed E-state index contributed by atoms with van der Waals surface area (Å²) in [6.45, 7) is 1.68. The number of amides is 3. The predicted molar refractivity (Wildman–Crippen MR) is 95.4 cm³/mol. The van der Waals surface area contributed by atoms with Crippen molar-refractivity contribution in [3.05, 3.63) is 29.3 Å². The highest BCUT2D eigenvalue weighted by atomic mass is 35.5. The zero-order valence-electron chi connectivity index (χ0n) is 13.7. The van der Waals surface area contributed by atoms with Gasteiger partial charge in [-0.2, -0.15) is 0 Å². The molecule has 7 nitrogen and oxygen atoms in total. The molecule has 0 radical (unpaired) electrons. The Morgan fingerprint density at radius 3 is 2.20 bits per heavy atom. The molecule has 1 N–H and O–H groups in total. The maximum absolute atomic E-state index is 12.4. The molecule has 1 aromatic rings. The summed E-state index contributed by atoms with van der Waals surface area (Å²) in [5.41, 5.74) is 0.657. The molecule has 0 aromatic heterocycles. The minimum absolute atomic E-state index is 0.0525. The molecule has 0 spiro atoms. The molecule has 1 unspecified atom stereocenters. The molecular weight excluding hydrogens is 366 g/mol. The molecule has 25 heavy (non-hydrogen) atoms. The summed E-state index contributed by atoms with van der Waals surface area (Å²) in [4.78, 5) is 28.0. The number of rotatable bonds is 2. The maximum atomic E-state index is 12.4. The second-order valence-electron chi connectivity index (χ2n) is 6.35. The fourth-order valence-electron chi connectivity index (χ4n) is 3.11. The molecule has 0 saturated carbocycles. The van der Waals surface area contributed by atoms with Gasteiger partial charge in [-0.3, -0.25) is 4.79 Å². The highest BCUT2D eigenvalue weighted by Gasteiger charge is 2.36. The Morgan fingerprint density at radius 2 is 1.64 bits per heavy atom. The highest BCUT2D eigenvalue weighted by Crippen LogP contribution is 2.21. The summed E-state index contributed by atoms with van der Waals surface area (Å²) >= 11 is 5.82. The molecule has 136 valence electrons. The van der Waals surface area contributed by atoms with Gasteiger partial charge in [-0.1, -0.05) is 11.6 Å². The van der Waals surface area contributed by atoms with Crippen molar-refractivity contribution >= 4 is 39.1 Å². The molecule has 0 aliphatic carbocycles. The first-order valence-electron chi connectivity index (χ1n) is 8.15. The number of nitrogens with zero attached hydrogens (tertiary/aromatic N) is 2. The molecule has 0 bridgehead atoms. The fourth-order valence-corrected chi connectivity index (χ4v) is 4.97. The average Bonchev–Trinajstić information content (AvgIpc) is 2.96. The first kappa shape index (κ1) is 18.0. The lowest BCUT2D eigenvalue weighted by Crippen LogP contribution is -2.53. The smallest absolute Gasteiger partial charge is 0.321 e. The van der Waals surface area contributed by atoms with Gasteiger partial charge in [0.15, 0.2) is 9.84 Å². The average molecular weight is 386 g/mol. The molecule has 3 rings (SSSR count). The summed E-state index contributed by atoms with van der Waals surface area (Å²) in [6.07, 6.45) is 0.401. The van der Waals surface area contributed by atoms with E-state index in [1.54, 1.807) is 34.1 Å². The van der Waals surface area contributed by atoms with E-state index in [1.807, 2.05) is 0 Å². The van der Waals surface area contributed by atoms with Crippen molar-refractivity contribution in [3.63, 3.8) is 0 Å². The SMILES string of the molecule is O=C(Nc1ccc(Cl)cc1)N1CCN(C(=O)C2CCS(=O)(=O)C2)CC1. The van der Waals surface area contributed by atoms with Crippen LogP contribution >= 0.6 is 11.6 Å². The monoisotopic (exact) mass is 385 g/mol. The number of anilines is 1. The standard InChI is InChI=1S/C16H20ClN3O4S/c17-13-1-3-14(4-2-13)18-16(22)20-8-6-19(7-9-20)15(21)12-5-10-25(23,24)11-12/h1-4,12H,5-11H2,(H,18,22). The summed E-state index contributed by atoms with van der Waals surface area (Å²) < 4.78 is 23.0. The van der Waals surface area contributed by atoms with Gasteiger partial charge in [0, 0.05) is 36.9 Å². The van der Waals surface area contributed by atoms with E-state index in [0.717, 1.165) is 0 Å². The van der Waals surface area contributed by atoms with Gasteiger partial charge >= 0.3 is 6.03 Å². The first-order valence-corrected chi connectivity index (χ1v) is 10.3. The normalized spacial score (nSPS) is 22.7. The van der Waals surface area contributed by atoms with Crippen LogP contribution in [0.5, 0.6) is 0 Å². The van der Waals surface area contributed by atoms with Crippen LogP contribution in [0.25, 0.3) is 0 Å². The van der Waals surface area contributed by atoms with E-state index in [9.17, 15) is 18.0 Å². The lowest BCUT2D eigenvalue weighted by molar-refractivity contribution is -0.136. The molecule has 3 amide bonds. The van der Waals surface area contributed by atoms with Gasteiger partial charge in [-0.05, 0) is 30.7 Å². The summed E-state index contributed by atoms with van der Waals surface area (Å²) in [5, 5.41) is 3.39. The lowest BCUT2D eigenvalue weighted by Gasteiger charge is -2.35. The number of piperazine rings is 1. The zero-order valence-corrected chi connectivity index (χ0v) is 15.2. The Labute approximate surface area is 151 Å². The van der Waals surface area contributed by atoms with E-state index in [2.05, 4.69) is 5.32 Å². The Morgan fingerprint density at radius 1 is 1.04 bits per heavy atom. The van der Waals surface area contributed by atoms with Crippen molar-refractivity contribution in [2.24, 2.45) is 5.92 Å². The number of carbonyl (C=O) groups is 2. The number of hydrogen-bond acceptors (Lipinski definition) is 4. The Balaban J connectivity index is 1.50. The maximum Gasteiger partial charge on any atom is 0.321 e. The first-order chi connectivity index (χ1) is 11.8. The molecule has 2 aliphatic rings. The number of carbonyl (C=O) groups excluding carboxylic acids is 2. The molecule has 2 saturated heterocycles. The van der Waals surface area contributed by atoms with Crippen LogP contribution in [0.15, 0.2) is 24.3 Å². The number of urea groups is 1. The van der Waals surface area contributed by atoms with Crippen molar-refractivity contribution in [2.45, 2.75) is 6.42 Å². The number of hydrogen-bond donors (Lipinski definition) is 1. The van der Waals surface area contributed by atoms with Gasteiger partial charge in [-0.25, -0.2) is 13.2 Å². The topological polar surface area (TPSA) is 86.8 Å². The molecule has 1 atom stereocenters. The van der Waals surface area contributed by atoms with E-state index >= 15 is 0 Å². The largest absolute Gasteiger partial charge is 0.339 e. The molecule has 2 heterocycles. The molecule has 1 aromatic carbocycles. The van der Waals surface area contributed by atoms with E-state index in [0.29, 0.717) is 43.3 Å². The minimum atomic E-state index is -3.07. The highest BCUT2D eigenvalue weighted by molar-refractivity contribution is 7.91. The van der Waals surface area contributed by atoms with Gasteiger partial charge < -0.3 is 15.1 Å². The van der Waals surface area contributed by atoms with Crippen LogP contribution in [0.4, 0.5) is 10.5 Å². The molecule has 9 heteroatoms. The molecule has 2 fully saturated rings. The predicted octanol–water partition coefficient (Wildman–Crippen LogP) is 1.45. The number of benzene rings is 1. The van der Waals surface area contributed by atoms with Crippen molar-refractivity contribution in [1.29, 1.82) is 0 Å². The second-order valence-corrected chi connectivity index (χ2v) is 9.01. The van der Waals surface area contributed by atoms with Crippen molar-refractivity contribution < 1.29 is 18.0 Å². The third-order valence-corrected chi connectivity index (χ3v) is 6.58. The van der Waals surface area contributed by atoms with Gasteiger partial charge in [0.1, 0.15) is 0 Å².